The fourth-order valence-corrected chi connectivity index (χ4v) is 3.73. The normalized spacial score (nSPS) is 18.2. The molecule has 3 amide bonds. The van der Waals surface area contributed by atoms with Gasteiger partial charge < -0.3 is 20.6 Å². The third kappa shape index (κ3) is 4.04. The zero-order chi connectivity index (χ0) is 21.7. The molecule has 160 valence electrons. The number of aryl methyl sites for hydroxylation is 1. The monoisotopic (exact) mass is 410 g/mol. The number of urea groups is 1. The van der Waals surface area contributed by atoms with E-state index in [0.29, 0.717) is 30.0 Å². The van der Waals surface area contributed by atoms with Crippen LogP contribution in [0.3, 0.4) is 0 Å². The molecule has 0 saturated heterocycles. The van der Waals surface area contributed by atoms with E-state index in [2.05, 4.69) is 29.4 Å². The predicted molar refractivity (Wildman–Crippen MR) is 118 cm³/mol. The topological polar surface area (TPSA) is 84.9 Å². The van der Waals surface area contributed by atoms with Gasteiger partial charge in [0, 0.05) is 24.3 Å². The minimum atomic E-state index is -2.16. The third-order valence-electron chi connectivity index (χ3n) is 5.60. The summed E-state index contributed by atoms with van der Waals surface area (Å²) in [5, 5.41) is 17.3. The quantitative estimate of drug-likeness (QED) is 0.625. The summed E-state index contributed by atoms with van der Waals surface area (Å²) in [6, 6.07) is 13.6. The number of nitrogens with one attached hydrogen (secondary N) is 2. The smallest absolute Gasteiger partial charge is 0.329 e. The van der Waals surface area contributed by atoms with Gasteiger partial charge in [-0.05, 0) is 43.3 Å². The molecule has 2 aromatic rings. The zero-order valence-electron chi connectivity index (χ0n) is 17.8. The Morgan fingerprint density at radius 3 is 2.40 bits per heavy atom. The molecule has 0 fully saturated rings. The van der Waals surface area contributed by atoms with Gasteiger partial charge in [0.2, 0.25) is 0 Å². The molecule has 1 atom stereocenters. The van der Waals surface area contributed by atoms with Crippen LogP contribution in [0.1, 0.15) is 31.9 Å². The largest absolute Gasteiger partial charge is 0.359 e. The van der Waals surface area contributed by atoms with Crippen LogP contribution in [0.15, 0.2) is 48.5 Å². The van der Waals surface area contributed by atoms with Gasteiger partial charge in [0.15, 0.2) is 0 Å². The molecular formula is C23H30N4O3. The second-order valence-electron chi connectivity index (χ2n) is 7.29. The van der Waals surface area contributed by atoms with Gasteiger partial charge in [0.1, 0.15) is 0 Å². The van der Waals surface area contributed by atoms with Crippen molar-refractivity contribution in [2.45, 2.75) is 32.9 Å². The second kappa shape index (κ2) is 9.28. The Morgan fingerprint density at radius 1 is 1.10 bits per heavy atom. The fourth-order valence-electron chi connectivity index (χ4n) is 3.73. The van der Waals surface area contributed by atoms with Crippen molar-refractivity contribution in [1.82, 2.24) is 10.2 Å². The molecule has 0 bridgehead atoms. The molecule has 2 aromatic carbocycles. The average Bonchev–Trinajstić information content (AvgIpc) is 2.77. The van der Waals surface area contributed by atoms with Crippen molar-refractivity contribution in [3.63, 3.8) is 0 Å². The second-order valence-corrected chi connectivity index (χ2v) is 7.29. The molecular weight excluding hydrogens is 380 g/mol. The van der Waals surface area contributed by atoms with Crippen LogP contribution in [-0.4, -0.2) is 48.1 Å². The SMILES string of the molecule is CCc1ccc(N2C(=O)Nc3ccccc3[C@]2(O)C(=O)NCCN(CC)CC)cc1. The van der Waals surface area contributed by atoms with Gasteiger partial charge in [-0.15, -0.1) is 0 Å². The molecule has 3 rings (SSSR count). The van der Waals surface area contributed by atoms with Crippen molar-refractivity contribution in [2.75, 3.05) is 36.4 Å². The summed E-state index contributed by atoms with van der Waals surface area (Å²) in [5.74, 6) is -0.628. The first-order valence-corrected chi connectivity index (χ1v) is 10.5. The number of hydrogen-bond acceptors (Lipinski definition) is 4. The minimum Gasteiger partial charge on any atom is -0.359 e. The highest BCUT2D eigenvalue weighted by atomic mass is 16.3. The summed E-state index contributed by atoms with van der Waals surface area (Å²) < 4.78 is 0. The van der Waals surface area contributed by atoms with Crippen LogP contribution < -0.4 is 15.5 Å². The maximum absolute atomic E-state index is 13.3. The van der Waals surface area contributed by atoms with E-state index >= 15 is 0 Å². The number of anilines is 2. The van der Waals surface area contributed by atoms with Gasteiger partial charge in [-0.25, -0.2) is 4.79 Å². The first kappa shape index (κ1) is 21.8. The lowest BCUT2D eigenvalue weighted by atomic mass is 9.94. The van der Waals surface area contributed by atoms with Crippen LogP contribution in [0, 0.1) is 0 Å². The van der Waals surface area contributed by atoms with Crippen molar-refractivity contribution in [2.24, 2.45) is 0 Å². The van der Waals surface area contributed by atoms with E-state index in [4.69, 9.17) is 0 Å². The van der Waals surface area contributed by atoms with Crippen molar-refractivity contribution in [3.8, 4) is 0 Å². The molecule has 0 spiro atoms. The molecule has 0 radical (unpaired) electrons. The van der Waals surface area contributed by atoms with Gasteiger partial charge >= 0.3 is 6.03 Å². The van der Waals surface area contributed by atoms with E-state index in [1.54, 1.807) is 36.4 Å². The highest BCUT2D eigenvalue weighted by Crippen LogP contribution is 2.39. The molecule has 0 aliphatic carbocycles. The third-order valence-corrected chi connectivity index (χ3v) is 5.60. The predicted octanol–water partition coefficient (Wildman–Crippen LogP) is 2.90. The first-order chi connectivity index (χ1) is 14.4. The molecule has 3 N–H and O–H groups in total. The molecule has 7 heteroatoms. The maximum atomic E-state index is 13.3. The Kier molecular flexibility index (Phi) is 6.74. The zero-order valence-corrected chi connectivity index (χ0v) is 17.8. The van der Waals surface area contributed by atoms with Gasteiger partial charge in [-0.2, -0.15) is 0 Å². The van der Waals surface area contributed by atoms with Crippen LogP contribution in [0.4, 0.5) is 16.2 Å². The van der Waals surface area contributed by atoms with E-state index in [9.17, 15) is 14.7 Å². The Hall–Kier alpha value is -2.90. The number of benzene rings is 2. The average molecular weight is 411 g/mol. The maximum Gasteiger partial charge on any atom is 0.329 e. The number of nitrogens with zero attached hydrogens (tertiary/aromatic N) is 2. The number of aliphatic hydroxyl groups is 1. The van der Waals surface area contributed by atoms with Crippen LogP contribution in [0.25, 0.3) is 0 Å². The summed E-state index contributed by atoms with van der Waals surface area (Å²) in [4.78, 5) is 29.6. The lowest BCUT2D eigenvalue weighted by Crippen LogP contribution is -2.63. The van der Waals surface area contributed by atoms with Crippen LogP contribution >= 0.6 is 0 Å². The molecule has 7 nitrogen and oxygen atoms in total. The number of likely N-dealkylation sites (N-methyl/N-ethyl adjacent to an activating group) is 1. The van der Waals surface area contributed by atoms with Gasteiger partial charge in [-0.1, -0.05) is 51.1 Å². The van der Waals surface area contributed by atoms with Crippen molar-refractivity contribution < 1.29 is 14.7 Å². The van der Waals surface area contributed by atoms with E-state index < -0.39 is 17.7 Å². The lowest BCUT2D eigenvalue weighted by molar-refractivity contribution is -0.140. The Balaban J connectivity index is 1.97. The highest BCUT2D eigenvalue weighted by Gasteiger charge is 2.51. The highest BCUT2D eigenvalue weighted by molar-refractivity contribution is 6.11. The Labute approximate surface area is 177 Å². The number of fused-ring (bicyclic) bond motifs is 1. The lowest BCUT2D eigenvalue weighted by Gasteiger charge is -2.42. The number of carbonyl (C=O) groups excluding carboxylic acids is 2. The number of hydrogen-bond donors (Lipinski definition) is 3. The van der Waals surface area contributed by atoms with E-state index in [1.807, 2.05) is 19.1 Å². The van der Waals surface area contributed by atoms with E-state index in [1.165, 1.54) is 0 Å². The first-order valence-electron chi connectivity index (χ1n) is 10.5. The molecule has 1 aliphatic rings. The van der Waals surface area contributed by atoms with Crippen molar-refractivity contribution in [3.05, 3.63) is 59.7 Å². The summed E-state index contributed by atoms with van der Waals surface area (Å²) in [6.45, 7) is 8.93. The summed E-state index contributed by atoms with van der Waals surface area (Å²) in [7, 11) is 0. The molecule has 30 heavy (non-hydrogen) atoms. The van der Waals surface area contributed by atoms with E-state index in [-0.39, 0.29) is 0 Å². The molecule has 0 saturated carbocycles. The number of carbonyl (C=O) groups is 2. The summed E-state index contributed by atoms with van der Waals surface area (Å²) >= 11 is 0. The van der Waals surface area contributed by atoms with Crippen LogP contribution in [0.2, 0.25) is 0 Å². The van der Waals surface area contributed by atoms with Crippen LogP contribution in [-0.2, 0) is 16.9 Å². The molecule has 1 aliphatic heterocycles. The van der Waals surface area contributed by atoms with E-state index in [0.717, 1.165) is 30.0 Å². The van der Waals surface area contributed by atoms with Crippen LogP contribution in [0.5, 0.6) is 0 Å². The summed E-state index contributed by atoms with van der Waals surface area (Å²) in [6.07, 6.45) is 0.853. The Bertz CT molecular complexity index is 896. The minimum absolute atomic E-state index is 0.338. The number of rotatable bonds is 8. The molecule has 1 heterocycles. The van der Waals surface area contributed by atoms with Gasteiger partial charge in [-0.3, -0.25) is 9.69 Å². The Morgan fingerprint density at radius 2 is 1.77 bits per heavy atom. The van der Waals surface area contributed by atoms with Gasteiger partial charge in [0.25, 0.3) is 11.6 Å². The fraction of sp³-hybridized carbons (Fsp3) is 0.391. The number of amides is 3. The molecule has 0 unspecified atom stereocenters. The van der Waals surface area contributed by atoms with Gasteiger partial charge in [0.05, 0.1) is 5.69 Å². The summed E-state index contributed by atoms with van der Waals surface area (Å²) in [5.41, 5.74) is 0.148. The number of para-hydroxylation sites is 1. The van der Waals surface area contributed by atoms with Crippen molar-refractivity contribution in [1.29, 1.82) is 0 Å². The van der Waals surface area contributed by atoms with Crippen molar-refractivity contribution >= 4 is 23.3 Å². The molecule has 0 aromatic heterocycles. The standard InChI is InChI=1S/C23H30N4O3/c1-4-17-11-13-18(14-12-17)27-22(29)25-20-10-8-7-9-19(20)23(27,30)21(28)24-15-16-26(5-2)6-3/h7-14,30H,4-6,15-16H2,1-3H3,(H,24,28)(H,25,29)/t23-/m0/s1.